The Morgan fingerprint density at radius 1 is 1.04 bits per heavy atom. The van der Waals surface area contributed by atoms with Crippen LogP contribution in [0, 0.1) is 23.2 Å². The van der Waals surface area contributed by atoms with Gasteiger partial charge in [-0.15, -0.1) is 0 Å². The first-order chi connectivity index (χ1) is 12.7. The van der Waals surface area contributed by atoms with Crippen LogP contribution in [0.5, 0.6) is 0 Å². The molecule has 138 valence electrons. The second-order valence-electron chi connectivity index (χ2n) is 10.2. The van der Waals surface area contributed by atoms with Crippen LogP contribution in [0.15, 0.2) is 30.3 Å². The van der Waals surface area contributed by atoms with Gasteiger partial charge in [-0.25, -0.2) is 0 Å². The number of amides is 1. The second kappa shape index (κ2) is 5.34. The maximum Gasteiger partial charge on any atom is 0.228 e. The van der Waals surface area contributed by atoms with E-state index in [9.17, 15) is 4.79 Å². The maximum absolute atomic E-state index is 13.8. The number of nitrogens with one attached hydrogen (secondary N) is 1. The van der Waals surface area contributed by atoms with E-state index in [-0.39, 0.29) is 10.8 Å². The highest BCUT2D eigenvalue weighted by Crippen LogP contribution is 2.66. The van der Waals surface area contributed by atoms with E-state index in [4.69, 9.17) is 0 Å². The van der Waals surface area contributed by atoms with Crippen molar-refractivity contribution < 1.29 is 4.79 Å². The zero-order chi connectivity index (χ0) is 17.4. The highest BCUT2D eigenvalue weighted by molar-refractivity contribution is 5.84. The summed E-state index contributed by atoms with van der Waals surface area (Å²) in [6.07, 6.45) is 8.68. The van der Waals surface area contributed by atoms with Crippen LogP contribution in [0.3, 0.4) is 0 Å². The van der Waals surface area contributed by atoms with Gasteiger partial charge in [0.05, 0.1) is 5.41 Å². The van der Waals surface area contributed by atoms with Crippen molar-refractivity contribution in [3.05, 3.63) is 35.9 Å². The van der Waals surface area contributed by atoms with Crippen molar-refractivity contribution in [1.29, 1.82) is 0 Å². The highest BCUT2D eigenvalue weighted by atomic mass is 16.2. The Labute approximate surface area is 156 Å². The lowest BCUT2D eigenvalue weighted by Gasteiger charge is -2.62. The van der Waals surface area contributed by atoms with Gasteiger partial charge in [-0.3, -0.25) is 4.79 Å². The minimum atomic E-state index is -0.0570. The predicted molar refractivity (Wildman–Crippen MR) is 102 cm³/mol. The van der Waals surface area contributed by atoms with Crippen LogP contribution >= 0.6 is 0 Å². The van der Waals surface area contributed by atoms with Crippen molar-refractivity contribution in [1.82, 2.24) is 10.2 Å². The molecule has 0 aromatic heterocycles. The first kappa shape index (κ1) is 15.7. The van der Waals surface area contributed by atoms with E-state index in [1.54, 1.807) is 0 Å². The molecular weight excluding hydrogens is 320 g/mol. The van der Waals surface area contributed by atoms with Gasteiger partial charge in [-0.1, -0.05) is 30.3 Å². The first-order valence-electron chi connectivity index (χ1n) is 10.7. The summed E-state index contributed by atoms with van der Waals surface area (Å²) in [7, 11) is 0. The fourth-order valence-corrected chi connectivity index (χ4v) is 7.99. The normalized spacial score (nSPS) is 45.9. The number of rotatable bonds is 2. The highest BCUT2D eigenvalue weighted by Gasteiger charge is 2.62. The Morgan fingerprint density at radius 2 is 1.81 bits per heavy atom. The molecule has 3 nitrogen and oxygen atoms in total. The van der Waals surface area contributed by atoms with Gasteiger partial charge in [-0.2, -0.15) is 0 Å². The SMILES string of the molecule is O=C(N1CC2CCNC2C1)C12CC3CC(C1)CC(c1ccccc1)(C3)C2. The van der Waals surface area contributed by atoms with E-state index in [2.05, 4.69) is 40.5 Å². The number of hydrogen-bond donors (Lipinski definition) is 1. The number of nitrogens with zero attached hydrogens (tertiary/aromatic N) is 1. The molecule has 26 heavy (non-hydrogen) atoms. The molecular formula is C23H30N2O. The third kappa shape index (κ3) is 2.13. The topological polar surface area (TPSA) is 32.3 Å². The molecule has 1 N–H and O–H groups in total. The lowest BCUT2D eigenvalue weighted by molar-refractivity contribution is -0.159. The average Bonchev–Trinajstić information content (AvgIpc) is 3.22. The molecule has 4 unspecified atom stereocenters. The van der Waals surface area contributed by atoms with Crippen molar-refractivity contribution in [2.24, 2.45) is 23.2 Å². The van der Waals surface area contributed by atoms with Crippen molar-refractivity contribution in [2.75, 3.05) is 19.6 Å². The fraction of sp³-hybridized carbons (Fsp3) is 0.696. The molecule has 0 spiro atoms. The summed E-state index contributed by atoms with van der Waals surface area (Å²) in [5, 5.41) is 3.62. The summed E-state index contributed by atoms with van der Waals surface area (Å²) < 4.78 is 0. The van der Waals surface area contributed by atoms with Gasteiger partial charge in [0.2, 0.25) is 5.91 Å². The zero-order valence-corrected chi connectivity index (χ0v) is 15.6. The first-order valence-corrected chi connectivity index (χ1v) is 10.7. The van der Waals surface area contributed by atoms with Gasteiger partial charge in [0, 0.05) is 19.1 Å². The van der Waals surface area contributed by atoms with Gasteiger partial charge in [-0.05, 0) is 80.2 Å². The van der Waals surface area contributed by atoms with Crippen molar-refractivity contribution >= 4 is 5.91 Å². The summed E-state index contributed by atoms with van der Waals surface area (Å²) in [6, 6.07) is 11.7. The van der Waals surface area contributed by atoms with E-state index in [1.165, 1.54) is 31.2 Å². The van der Waals surface area contributed by atoms with Crippen LogP contribution in [-0.4, -0.2) is 36.5 Å². The maximum atomic E-state index is 13.8. The van der Waals surface area contributed by atoms with Gasteiger partial charge < -0.3 is 10.2 Å². The zero-order valence-electron chi connectivity index (χ0n) is 15.6. The van der Waals surface area contributed by atoms with Crippen LogP contribution < -0.4 is 5.32 Å². The van der Waals surface area contributed by atoms with E-state index < -0.39 is 0 Å². The Kier molecular flexibility index (Phi) is 3.22. The van der Waals surface area contributed by atoms with Crippen LogP contribution in [-0.2, 0) is 10.2 Å². The van der Waals surface area contributed by atoms with Crippen molar-refractivity contribution in [3.63, 3.8) is 0 Å². The quantitative estimate of drug-likeness (QED) is 0.887. The van der Waals surface area contributed by atoms with E-state index in [0.717, 1.165) is 50.7 Å². The molecule has 1 aromatic rings. The standard InChI is InChI=1S/C23H30N2O/c26-21(25-13-18-6-7-24-20(18)14-25)23-11-16-8-17(12-23)10-22(9-16,15-23)19-4-2-1-3-5-19/h1-5,16-18,20,24H,6-15H2. The fourth-order valence-electron chi connectivity index (χ4n) is 7.99. The third-order valence-electron chi connectivity index (χ3n) is 8.55. The molecule has 7 rings (SSSR count). The molecule has 2 heterocycles. The summed E-state index contributed by atoms with van der Waals surface area (Å²) >= 11 is 0. The molecule has 6 fully saturated rings. The Hall–Kier alpha value is -1.35. The summed E-state index contributed by atoms with van der Waals surface area (Å²) in [5.74, 6) is 2.75. The lowest BCUT2D eigenvalue weighted by Crippen LogP contribution is -2.59. The van der Waals surface area contributed by atoms with Gasteiger partial charge in [0.1, 0.15) is 0 Å². The Morgan fingerprint density at radius 3 is 2.54 bits per heavy atom. The molecule has 2 aliphatic heterocycles. The molecule has 1 amide bonds. The molecule has 2 saturated heterocycles. The molecule has 0 radical (unpaired) electrons. The van der Waals surface area contributed by atoms with Gasteiger partial charge >= 0.3 is 0 Å². The minimum absolute atomic E-state index is 0.0570. The third-order valence-corrected chi connectivity index (χ3v) is 8.55. The van der Waals surface area contributed by atoms with Crippen molar-refractivity contribution in [2.45, 2.75) is 56.4 Å². The molecule has 6 aliphatic rings. The van der Waals surface area contributed by atoms with Crippen LogP contribution in [0.1, 0.15) is 50.5 Å². The number of carbonyl (C=O) groups excluding carboxylic acids is 1. The minimum Gasteiger partial charge on any atom is -0.340 e. The Bertz CT molecular complexity index is 703. The molecule has 4 atom stereocenters. The molecule has 4 bridgehead atoms. The summed E-state index contributed by atoms with van der Waals surface area (Å²) in [5.41, 5.74) is 1.72. The van der Waals surface area contributed by atoms with E-state index >= 15 is 0 Å². The van der Waals surface area contributed by atoms with Gasteiger partial charge in [0.25, 0.3) is 0 Å². The molecule has 1 aromatic carbocycles. The van der Waals surface area contributed by atoms with E-state index in [1.807, 2.05) is 0 Å². The van der Waals surface area contributed by atoms with E-state index in [0.29, 0.717) is 17.9 Å². The summed E-state index contributed by atoms with van der Waals surface area (Å²) in [6.45, 7) is 3.11. The van der Waals surface area contributed by atoms with Crippen LogP contribution in [0.2, 0.25) is 0 Å². The van der Waals surface area contributed by atoms with Gasteiger partial charge in [0.15, 0.2) is 0 Å². The monoisotopic (exact) mass is 350 g/mol. The summed E-state index contributed by atoms with van der Waals surface area (Å²) in [4.78, 5) is 16.1. The number of hydrogen-bond acceptors (Lipinski definition) is 2. The van der Waals surface area contributed by atoms with Crippen LogP contribution in [0.25, 0.3) is 0 Å². The number of benzene rings is 1. The number of likely N-dealkylation sites (tertiary alicyclic amines) is 1. The number of carbonyl (C=O) groups is 1. The smallest absolute Gasteiger partial charge is 0.228 e. The molecule has 4 saturated carbocycles. The lowest BCUT2D eigenvalue weighted by atomic mass is 9.42. The largest absolute Gasteiger partial charge is 0.340 e. The Balaban J connectivity index is 1.33. The number of fused-ring (bicyclic) bond motifs is 1. The van der Waals surface area contributed by atoms with Crippen molar-refractivity contribution in [3.8, 4) is 0 Å². The second-order valence-corrected chi connectivity index (χ2v) is 10.2. The predicted octanol–water partition coefficient (Wildman–Crippen LogP) is 3.34. The molecule has 3 heteroatoms. The average molecular weight is 351 g/mol. The van der Waals surface area contributed by atoms with Crippen LogP contribution in [0.4, 0.5) is 0 Å². The molecule has 4 aliphatic carbocycles.